The molecule has 14 heavy (non-hydrogen) atoms. The maximum Gasteiger partial charge on any atom is 0.132 e. The third kappa shape index (κ3) is 1.72. The van der Waals surface area contributed by atoms with Crippen molar-refractivity contribution in [3.63, 3.8) is 0 Å². The van der Waals surface area contributed by atoms with Gasteiger partial charge in [-0.25, -0.2) is 0 Å². The van der Waals surface area contributed by atoms with Gasteiger partial charge in [0.25, 0.3) is 0 Å². The second kappa shape index (κ2) is 4.01. The zero-order valence-corrected chi connectivity index (χ0v) is 9.05. The Morgan fingerprint density at radius 2 is 2.00 bits per heavy atom. The van der Waals surface area contributed by atoms with Crippen molar-refractivity contribution in [3.8, 4) is 0 Å². The Balaban J connectivity index is 1.95. The first-order valence-corrected chi connectivity index (χ1v) is 5.86. The Morgan fingerprint density at radius 3 is 2.43 bits per heavy atom. The molecular weight excluding hydrogens is 176 g/mol. The molecule has 2 nitrogen and oxygen atoms in total. The number of Topliss-reactive ketones (excluding diaryl/α,β-unsaturated/α-hetero) is 1. The standard InChI is InChI=1S/C12H20O2/c1-2-7-12(8-14-9-12)10-3-5-11(13)6-4-10/h10H,2-9H2,1H3. The zero-order valence-electron chi connectivity index (χ0n) is 9.05. The van der Waals surface area contributed by atoms with Crippen molar-refractivity contribution in [2.75, 3.05) is 13.2 Å². The molecule has 1 saturated carbocycles. The van der Waals surface area contributed by atoms with Crippen molar-refractivity contribution in [1.82, 2.24) is 0 Å². The minimum Gasteiger partial charge on any atom is -0.380 e. The van der Waals surface area contributed by atoms with Crippen LogP contribution in [0.4, 0.5) is 0 Å². The molecule has 2 heteroatoms. The van der Waals surface area contributed by atoms with E-state index in [9.17, 15) is 4.79 Å². The Morgan fingerprint density at radius 1 is 1.36 bits per heavy atom. The van der Waals surface area contributed by atoms with Crippen molar-refractivity contribution in [1.29, 1.82) is 0 Å². The summed E-state index contributed by atoms with van der Waals surface area (Å²) < 4.78 is 5.39. The van der Waals surface area contributed by atoms with E-state index < -0.39 is 0 Å². The van der Waals surface area contributed by atoms with E-state index in [0.717, 1.165) is 44.8 Å². The highest BCUT2D eigenvalue weighted by Crippen LogP contribution is 2.46. The third-order valence-corrected chi connectivity index (χ3v) is 3.94. The van der Waals surface area contributed by atoms with E-state index >= 15 is 0 Å². The van der Waals surface area contributed by atoms with Gasteiger partial charge in [0.1, 0.15) is 5.78 Å². The molecule has 2 aliphatic rings. The van der Waals surface area contributed by atoms with E-state index in [1.54, 1.807) is 0 Å². The number of carbonyl (C=O) groups excluding carboxylic acids is 1. The number of ether oxygens (including phenoxy) is 1. The fraction of sp³-hybridized carbons (Fsp3) is 0.917. The van der Waals surface area contributed by atoms with Crippen LogP contribution in [0.2, 0.25) is 0 Å². The highest BCUT2D eigenvalue weighted by atomic mass is 16.5. The van der Waals surface area contributed by atoms with Crippen molar-refractivity contribution >= 4 is 5.78 Å². The van der Waals surface area contributed by atoms with Gasteiger partial charge in [-0.2, -0.15) is 0 Å². The largest absolute Gasteiger partial charge is 0.380 e. The molecule has 0 spiro atoms. The van der Waals surface area contributed by atoms with Crippen LogP contribution in [0.3, 0.4) is 0 Å². The lowest BCUT2D eigenvalue weighted by atomic mass is 9.65. The van der Waals surface area contributed by atoms with Crippen molar-refractivity contribution < 1.29 is 9.53 Å². The topological polar surface area (TPSA) is 26.3 Å². The Labute approximate surface area is 86.0 Å². The summed E-state index contributed by atoms with van der Waals surface area (Å²) >= 11 is 0. The molecular formula is C12H20O2. The summed E-state index contributed by atoms with van der Waals surface area (Å²) in [6.45, 7) is 4.13. The summed E-state index contributed by atoms with van der Waals surface area (Å²) in [6, 6.07) is 0. The number of hydrogen-bond donors (Lipinski definition) is 0. The lowest BCUT2D eigenvalue weighted by Gasteiger charge is -2.48. The highest BCUT2D eigenvalue weighted by molar-refractivity contribution is 5.79. The predicted molar refractivity (Wildman–Crippen MR) is 55.1 cm³/mol. The van der Waals surface area contributed by atoms with Crippen LogP contribution >= 0.6 is 0 Å². The van der Waals surface area contributed by atoms with Gasteiger partial charge in [0, 0.05) is 18.3 Å². The molecule has 1 aliphatic carbocycles. The Kier molecular flexibility index (Phi) is 2.91. The maximum absolute atomic E-state index is 11.2. The third-order valence-electron chi connectivity index (χ3n) is 3.94. The summed E-state index contributed by atoms with van der Waals surface area (Å²) in [6.07, 6.45) is 6.39. The monoisotopic (exact) mass is 196 g/mol. The number of ketones is 1. The molecule has 0 unspecified atom stereocenters. The minimum atomic E-state index is 0.454. The summed E-state index contributed by atoms with van der Waals surface area (Å²) in [7, 11) is 0. The molecule has 0 N–H and O–H groups in total. The van der Waals surface area contributed by atoms with Crippen molar-refractivity contribution in [2.24, 2.45) is 11.3 Å². The minimum absolute atomic E-state index is 0.454. The van der Waals surface area contributed by atoms with Gasteiger partial charge >= 0.3 is 0 Å². The van der Waals surface area contributed by atoms with E-state index in [2.05, 4.69) is 6.92 Å². The second-order valence-corrected chi connectivity index (χ2v) is 4.92. The van der Waals surface area contributed by atoms with Crippen LogP contribution in [0.1, 0.15) is 45.4 Å². The second-order valence-electron chi connectivity index (χ2n) is 4.92. The van der Waals surface area contributed by atoms with Crippen LogP contribution < -0.4 is 0 Å². The molecule has 80 valence electrons. The summed E-state index contributed by atoms with van der Waals surface area (Å²) in [5.74, 6) is 1.22. The molecule has 2 fully saturated rings. The van der Waals surface area contributed by atoms with E-state index in [0.29, 0.717) is 11.2 Å². The normalized spacial score (nSPS) is 27.4. The van der Waals surface area contributed by atoms with Gasteiger partial charge < -0.3 is 4.74 Å². The first-order valence-electron chi connectivity index (χ1n) is 5.86. The molecule has 1 saturated heterocycles. The average Bonchev–Trinajstić information content (AvgIpc) is 2.13. The number of hydrogen-bond acceptors (Lipinski definition) is 2. The Hall–Kier alpha value is -0.370. The first kappa shape index (κ1) is 10.2. The predicted octanol–water partition coefficient (Wildman–Crippen LogP) is 2.56. The molecule has 0 bridgehead atoms. The first-order chi connectivity index (χ1) is 6.77. The average molecular weight is 196 g/mol. The van der Waals surface area contributed by atoms with Crippen LogP contribution in [-0.2, 0) is 9.53 Å². The van der Waals surface area contributed by atoms with Crippen LogP contribution in [0.5, 0.6) is 0 Å². The van der Waals surface area contributed by atoms with E-state index in [1.165, 1.54) is 12.8 Å². The smallest absolute Gasteiger partial charge is 0.132 e. The van der Waals surface area contributed by atoms with Crippen LogP contribution in [0.25, 0.3) is 0 Å². The molecule has 0 amide bonds. The van der Waals surface area contributed by atoms with Gasteiger partial charge in [-0.1, -0.05) is 13.3 Å². The molecule has 0 atom stereocenters. The summed E-state index contributed by atoms with van der Waals surface area (Å²) in [4.78, 5) is 11.2. The summed E-state index contributed by atoms with van der Waals surface area (Å²) in [5, 5.41) is 0. The van der Waals surface area contributed by atoms with Crippen LogP contribution in [0.15, 0.2) is 0 Å². The number of carbonyl (C=O) groups is 1. The van der Waals surface area contributed by atoms with Gasteiger partial charge in [-0.3, -0.25) is 4.79 Å². The molecule has 0 aromatic carbocycles. The zero-order chi connectivity index (χ0) is 10.0. The maximum atomic E-state index is 11.2. The van der Waals surface area contributed by atoms with Gasteiger partial charge in [0.05, 0.1) is 13.2 Å². The molecule has 0 aromatic rings. The summed E-state index contributed by atoms with van der Waals surface area (Å²) in [5.41, 5.74) is 0.454. The molecule has 1 heterocycles. The van der Waals surface area contributed by atoms with Gasteiger partial charge in [0.2, 0.25) is 0 Å². The van der Waals surface area contributed by atoms with E-state index in [1.807, 2.05) is 0 Å². The highest BCUT2D eigenvalue weighted by Gasteiger charge is 2.45. The quantitative estimate of drug-likeness (QED) is 0.693. The van der Waals surface area contributed by atoms with Gasteiger partial charge in [0.15, 0.2) is 0 Å². The number of rotatable bonds is 3. The molecule has 0 radical (unpaired) electrons. The van der Waals surface area contributed by atoms with Crippen molar-refractivity contribution in [3.05, 3.63) is 0 Å². The van der Waals surface area contributed by atoms with Crippen LogP contribution in [-0.4, -0.2) is 19.0 Å². The van der Waals surface area contributed by atoms with Crippen LogP contribution in [0, 0.1) is 11.3 Å². The lowest BCUT2D eigenvalue weighted by molar-refractivity contribution is -0.159. The Bertz CT molecular complexity index is 208. The molecule has 1 aliphatic heterocycles. The SMILES string of the molecule is CCCC1(C2CCC(=O)CC2)COC1. The fourth-order valence-corrected chi connectivity index (χ4v) is 3.00. The fourth-order valence-electron chi connectivity index (χ4n) is 3.00. The molecule has 2 rings (SSSR count). The van der Waals surface area contributed by atoms with Gasteiger partial charge in [-0.05, 0) is 25.2 Å². The molecule has 0 aromatic heterocycles. The van der Waals surface area contributed by atoms with Crippen molar-refractivity contribution in [2.45, 2.75) is 45.4 Å². The lowest BCUT2D eigenvalue weighted by Crippen LogP contribution is -2.49. The van der Waals surface area contributed by atoms with Gasteiger partial charge in [-0.15, -0.1) is 0 Å². The van der Waals surface area contributed by atoms with E-state index in [-0.39, 0.29) is 0 Å². The van der Waals surface area contributed by atoms with E-state index in [4.69, 9.17) is 4.74 Å².